The normalized spacial score (nSPS) is 22.2. The van der Waals surface area contributed by atoms with Gasteiger partial charge in [-0.3, -0.25) is 9.52 Å². The average molecular weight is 519 g/mol. The van der Waals surface area contributed by atoms with Crippen molar-refractivity contribution in [3.05, 3.63) is 88.5 Å². The Kier molecular flexibility index (Phi) is 6.06. The number of ketones is 1. The first-order valence-corrected chi connectivity index (χ1v) is 14.2. The Morgan fingerprint density at radius 2 is 1.78 bits per heavy atom. The van der Waals surface area contributed by atoms with Gasteiger partial charge in [0.25, 0.3) is 10.0 Å². The van der Waals surface area contributed by atoms with Gasteiger partial charge in [-0.2, -0.15) is 0 Å². The summed E-state index contributed by atoms with van der Waals surface area (Å²) in [5.41, 5.74) is 6.14. The maximum atomic E-state index is 13.3. The number of hydrogen-bond acceptors (Lipinski definition) is 6. The smallest absolute Gasteiger partial charge is 0.261 e. The number of fused-ring (bicyclic) bond motifs is 4. The standard InChI is InChI=1S/C29H30N2O5S/c1-17(2)28(32)19-5-3-18(4-6-19)27-24-11-12-36-29(24)25-14-23(9-10-26(25)30-27)37(33,34)31-22-8-7-20-15-35-16-21(20)13-22/h3-10,13-14,17,24,27,29-31H,11-12,15-16H2,1-2H3. The van der Waals surface area contributed by atoms with Gasteiger partial charge >= 0.3 is 0 Å². The van der Waals surface area contributed by atoms with Crippen molar-refractivity contribution in [1.29, 1.82) is 0 Å². The van der Waals surface area contributed by atoms with Crippen molar-refractivity contribution in [2.75, 3.05) is 16.6 Å². The molecule has 0 aromatic heterocycles. The zero-order valence-electron chi connectivity index (χ0n) is 20.9. The second-order valence-corrected chi connectivity index (χ2v) is 12.0. The molecule has 3 aliphatic rings. The van der Waals surface area contributed by atoms with Crippen LogP contribution in [0.15, 0.2) is 65.6 Å². The molecule has 3 aliphatic heterocycles. The predicted molar refractivity (Wildman–Crippen MR) is 141 cm³/mol. The van der Waals surface area contributed by atoms with E-state index in [-0.39, 0.29) is 34.7 Å². The largest absolute Gasteiger partial charge is 0.378 e. The Balaban J connectivity index is 1.27. The first kappa shape index (κ1) is 24.2. The first-order valence-electron chi connectivity index (χ1n) is 12.7. The van der Waals surface area contributed by atoms with Gasteiger partial charge in [-0.15, -0.1) is 0 Å². The van der Waals surface area contributed by atoms with Gasteiger partial charge in [-0.25, -0.2) is 8.42 Å². The number of benzene rings is 3. The lowest BCUT2D eigenvalue weighted by Crippen LogP contribution is -2.29. The van der Waals surface area contributed by atoms with E-state index in [0.29, 0.717) is 31.1 Å². The third-order valence-corrected chi connectivity index (χ3v) is 8.95. The number of rotatable bonds is 6. The van der Waals surface area contributed by atoms with E-state index >= 15 is 0 Å². The first-order chi connectivity index (χ1) is 17.8. The van der Waals surface area contributed by atoms with E-state index in [9.17, 15) is 13.2 Å². The third-order valence-electron chi connectivity index (χ3n) is 7.57. The molecule has 37 heavy (non-hydrogen) atoms. The van der Waals surface area contributed by atoms with E-state index in [2.05, 4.69) is 10.0 Å². The molecule has 0 bridgehead atoms. The van der Waals surface area contributed by atoms with Crippen LogP contribution in [0.1, 0.15) is 65.0 Å². The van der Waals surface area contributed by atoms with Crippen LogP contribution in [0.25, 0.3) is 0 Å². The summed E-state index contributed by atoms with van der Waals surface area (Å²) in [6.45, 7) is 5.48. The molecule has 192 valence electrons. The summed E-state index contributed by atoms with van der Waals surface area (Å²) in [5, 5.41) is 3.62. The summed E-state index contributed by atoms with van der Waals surface area (Å²) >= 11 is 0. The molecule has 8 heteroatoms. The van der Waals surface area contributed by atoms with Crippen molar-refractivity contribution in [3.8, 4) is 0 Å². The Bertz CT molecular complexity index is 1470. The van der Waals surface area contributed by atoms with E-state index in [0.717, 1.165) is 34.4 Å². The summed E-state index contributed by atoms with van der Waals surface area (Å²) in [4.78, 5) is 12.6. The number of ether oxygens (including phenoxy) is 2. The second kappa shape index (κ2) is 9.28. The minimum Gasteiger partial charge on any atom is -0.378 e. The molecule has 3 aromatic rings. The SMILES string of the molecule is CC(C)C(=O)c1ccc(C2Nc3ccc(S(=O)(=O)Nc4ccc5c(c4)COC5)cc3C3OCCC23)cc1. The number of Topliss-reactive ketones (excluding diaryl/α,β-unsaturated/α-hetero) is 1. The lowest BCUT2D eigenvalue weighted by atomic mass is 9.81. The number of carbonyl (C=O) groups excluding carboxylic acids is 1. The van der Waals surface area contributed by atoms with Gasteiger partial charge in [0.15, 0.2) is 5.78 Å². The fourth-order valence-corrected chi connectivity index (χ4v) is 6.67. The van der Waals surface area contributed by atoms with E-state index < -0.39 is 10.0 Å². The van der Waals surface area contributed by atoms with Crippen molar-refractivity contribution in [3.63, 3.8) is 0 Å². The number of carbonyl (C=O) groups is 1. The lowest BCUT2D eigenvalue weighted by Gasteiger charge is -2.36. The lowest BCUT2D eigenvalue weighted by molar-refractivity contribution is 0.0827. The molecule has 2 N–H and O–H groups in total. The average Bonchev–Trinajstić information content (AvgIpc) is 3.57. The zero-order valence-corrected chi connectivity index (χ0v) is 21.7. The van der Waals surface area contributed by atoms with Gasteiger partial charge in [-0.1, -0.05) is 44.2 Å². The molecular formula is C29H30N2O5S. The Labute approximate surface area is 217 Å². The van der Waals surface area contributed by atoms with Crippen LogP contribution >= 0.6 is 0 Å². The monoisotopic (exact) mass is 518 g/mol. The highest BCUT2D eigenvalue weighted by atomic mass is 32.2. The Hall–Kier alpha value is -3.20. The van der Waals surface area contributed by atoms with Crippen LogP contribution in [-0.2, 0) is 32.7 Å². The fraction of sp³-hybridized carbons (Fsp3) is 0.345. The van der Waals surface area contributed by atoms with Crippen LogP contribution in [0.3, 0.4) is 0 Å². The molecule has 7 nitrogen and oxygen atoms in total. The number of anilines is 2. The summed E-state index contributed by atoms with van der Waals surface area (Å²) in [7, 11) is -3.78. The third kappa shape index (κ3) is 4.43. The van der Waals surface area contributed by atoms with E-state index in [4.69, 9.17) is 9.47 Å². The van der Waals surface area contributed by atoms with E-state index in [1.165, 1.54) is 0 Å². The Morgan fingerprint density at radius 1 is 1.00 bits per heavy atom. The second-order valence-electron chi connectivity index (χ2n) is 10.3. The number of sulfonamides is 1. The van der Waals surface area contributed by atoms with Crippen LogP contribution in [0.5, 0.6) is 0 Å². The summed E-state index contributed by atoms with van der Waals surface area (Å²) in [6, 6.07) is 18.5. The maximum absolute atomic E-state index is 13.3. The zero-order chi connectivity index (χ0) is 25.7. The van der Waals surface area contributed by atoms with E-state index in [1.54, 1.807) is 18.2 Å². The van der Waals surface area contributed by atoms with Crippen LogP contribution in [-0.4, -0.2) is 20.8 Å². The van der Waals surface area contributed by atoms with E-state index in [1.807, 2.05) is 56.3 Å². The predicted octanol–water partition coefficient (Wildman–Crippen LogP) is 5.60. The molecule has 6 rings (SSSR count). The highest BCUT2D eigenvalue weighted by Crippen LogP contribution is 2.50. The van der Waals surface area contributed by atoms with Crippen molar-refractivity contribution in [1.82, 2.24) is 0 Å². The van der Waals surface area contributed by atoms with Crippen molar-refractivity contribution >= 4 is 27.2 Å². The molecule has 3 atom stereocenters. The van der Waals surface area contributed by atoms with Crippen LogP contribution in [0, 0.1) is 11.8 Å². The summed E-state index contributed by atoms with van der Waals surface area (Å²) < 4.78 is 40.8. The number of hydrogen-bond donors (Lipinski definition) is 2. The van der Waals surface area contributed by atoms with Crippen LogP contribution < -0.4 is 10.0 Å². The summed E-state index contributed by atoms with van der Waals surface area (Å²) in [6.07, 6.45) is 0.659. The molecular weight excluding hydrogens is 488 g/mol. The topological polar surface area (TPSA) is 93.7 Å². The molecule has 0 aliphatic carbocycles. The Morgan fingerprint density at radius 3 is 2.57 bits per heavy atom. The van der Waals surface area contributed by atoms with Gasteiger partial charge < -0.3 is 14.8 Å². The van der Waals surface area contributed by atoms with Crippen LogP contribution in [0.2, 0.25) is 0 Å². The molecule has 1 saturated heterocycles. The van der Waals surface area contributed by atoms with Crippen molar-refractivity contribution in [2.45, 2.75) is 50.5 Å². The number of nitrogens with one attached hydrogen (secondary N) is 2. The van der Waals surface area contributed by atoms with Gasteiger partial charge in [0.05, 0.1) is 30.3 Å². The quantitative estimate of drug-likeness (QED) is 0.413. The molecule has 3 heterocycles. The van der Waals surface area contributed by atoms with Gasteiger partial charge in [0.2, 0.25) is 0 Å². The molecule has 1 fully saturated rings. The van der Waals surface area contributed by atoms with Gasteiger partial charge in [0.1, 0.15) is 0 Å². The maximum Gasteiger partial charge on any atom is 0.261 e. The minimum atomic E-state index is -3.78. The highest BCUT2D eigenvalue weighted by molar-refractivity contribution is 7.92. The van der Waals surface area contributed by atoms with Gasteiger partial charge in [-0.05, 0) is 53.4 Å². The minimum absolute atomic E-state index is 0.0115. The van der Waals surface area contributed by atoms with Crippen molar-refractivity contribution in [2.24, 2.45) is 11.8 Å². The molecule has 3 aromatic carbocycles. The van der Waals surface area contributed by atoms with Gasteiger partial charge in [0, 0.05) is 40.9 Å². The van der Waals surface area contributed by atoms with Crippen LogP contribution in [0.4, 0.5) is 11.4 Å². The molecule has 0 radical (unpaired) electrons. The molecule has 0 spiro atoms. The highest BCUT2D eigenvalue weighted by Gasteiger charge is 2.42. The van der Waals surface area contributed by atoms with Crippen molar-refractivity contribution < 1.29 is 22.7 Å². The molecule has 0 saturated carbocycles. The summed E-state index contributed by atoms with van der Waals surface area (Å²) in [5.74, 6) is 0.239. The molecule has 0 amide bonds. The fourth-order valence-electron chi connectivity index (χ4n) is 5.59. The molecule has 3 unspecified atom stereocenters.